The number of benzene rings is 4. The first kappa shape index (κ1) is 33.7. The normalized spacial score (nSPS) is 12.6. The second kappa shape index (κ2) is 13.6. The number of nitrogens with one attached hydrogen (secondary N) is 2. The maximum atomic E-state index is 15.1. The molecule has 0 bridgehead atoms. The number of halogens is 7. The van der Waals surface area contributed by atoms with Crippen LogP contribution in [0.1, 0.15) is 33.1 Å². The van der Waals surface area contributed by atoms with Crippen LogP contribution in [0.5, 0.6) is 0 Å². The van der Waals surface area contributed by atoms with Gasteiger partial charge in [0.05, 0.1) is 17.1 Å². The zero-order valence-corrected chi connectivity index (χ0v) is 25.0. The summed E-state index contributed by atoms with van der Waals surface area (Å²) in [5.41, 5.74) is -0.0341. The molecule has 4 aromatic carbocycles. The maximum Gasteiger partial charge on any atom is 0.412 e. The lowest BCUT2D eigenvalue weighted by Crippen LogP contribution is -2.43. The molecular weight excluding hydrogens is 662 g/mol. The number of carboxylic acid groups (broad SMARTS) is 1. The molecule has 48 heavy (non-hydrogen) atoms. The summed E-state index contributed by atoms with van der Waals surface area (Å²) < 4.78 is 84.7. The number of amides is 1. The highest BCUT2D eigenvalue weighted by Crippen LogP contribution is 2.37. The summed E-state index contributed by atoms with van der Waals surface area (Å²) in [6.07, 6.45) is -3.80. The molecule has 0 unspecified atom stereocenters. The number of hydrogen-bond donors (Lipinski definition) is 3. The molecule has 244 valence electrons. The molecule has 0 spiro atoms. The molecule has 0 saturated heterocycles. The molecule has 0 aliphatic heterocycles. The Morgan fingerprint density at radius 2 is 1.60 bits per heavy atom. The first-order valence-electron chi connectivity index (χ1n) is 13.9. The van der Waals surface area contributed by atoms with Crippen LogP contribution in [0.2, 0.25) is 5.02 Å². The molecule has 7 nitrogen and oxygen atoms in total. The van der Waals surface area contributed by atoms with Gasteiger partial charge >= 0.3 is 12.1 Å². The molecule has 1 aromatic heterocycles. The Balaban J connectivity index is 1.40. The summed E-state index contributed by atoms with van der Waals surface area (Å²) in [5, 5.41) is 23.9. The van der Waals surface area contributed by atoms with Crippen molar-refractivity contribution in [1.29, 1.82) is 5.26 Å². The van der Waals surface area contributed by atoms with E-state index >= 15 is 8.78 Å². The summed E-state index contributed by atoms with van der Waals surface area (Å²) in [6.45, 7) is 0. The van der Waals surface area contributed by atoms with Crippen LogP contribution in [0.3, 0.4) is 0 Å². The molecule has 5 rings (SSSR count). The number of nitriles is 1. The molecule has 0 aliphatic rings. The third kappa shape index (κ3) is 7.19. The van der Waals surface area contributed by atoms with E-state index in [0.29, 0.717) is 45.3 Å². The predicted octanol–water partition coefficient (Wildman–Crippen LogP) is 7.99. The summed E-state index contributed by atoms with van der Waals surface area (Å²) in [7, 11) is 0. The Labute approximate surface area is 273 Å². The molecule has 1 heterocycles. The van der Waals surface area contributed by atoms with Crippen molar-refractivity contribution in [2.24, 2.45) is 0 Å². The van der Waals surface area contributed by atoms with Gasteiger partial charge in [-0.2, -0.15) is 18.4 Å². The van der Waals surface area contributed by atoms with Crippen molar-refractivity contribution < 1.29 is 41.0 Å². The van der Waals surface area contributed by atoms with Gasteiger partial charge < -0.3 is 15.7 Å². The van der Waals surface area contributed by atoms with Gasteiger partial charge in [-0.1, -0.05) is 48.0 Å². The van der Waals surface area contributed by atoms with Crippen molar-refractivity contribution in [2.75, 3.05) is 5.32 Å². The number of anilines is 1. The van der Waals surface area contributed by atoms with Gasteiger partial charge in [-0.05, 0) is 53.6 Å². The zero-order chi connectivity index (χ0) is 34.7. The average molecular weight is 683 g/mol. The molecule has 0 aliphatic carbocycles. The summed E-state index contributed by atoms with van der Waals surface area (Å²) in [5.74, 6) is -6.90. The minimum atomic E-state index is -4.96. The molecular formula is C34H21ClF6N4O3. The maximum absolute atomic E-state index is 15.1. The lowest BCUT2D eigenvalue weighted by molar-refractivity contribution is -0.144. The minimum Gasteiger partial charge on any atom is -0.480 e. The Hall–Kier alpha value is -5.61. The summed E-state index contributed by atoms with van der Waals surface area (Å²) in [6, 6.07) is 13.2. The number of nitrogens with zero attached hydrogens (tertiary/aromatic N) is 2. The quantitative estimate of drug-likeness (QED) is 0.136. The minimum absolute atomic E-state index is 0.277. The van der Waals surface area contributed by atoms with Crippen molar-refractivity contribution in [3.8, 4) is 17.2 Å². The fraction of sp³-hybridized carbons (Fsp3) is 0.118. The van der Waals surface area contributed by atoms with Gasteiger partial charge in [-0.3, -0.25) is 9.78 Å². The molecule has 1 amide bonds. The predicted molar refractivity (Wildman–Crippen MR) is 165 cm³/mol. The Bertz CT molecular complexity index is 2060. The van der Waals surface area contributed by atoms with Crippen LogP contribution < -0.4 is 10.6 Å². The molecule has 2 atom stereocenters. The molecule has 0 saturated carbocycles. The van der Waals surface area contributed by atoms with Crippen molar-refractivity contribution in [2.45, 2.75) is 24.7 Å². The standard InChI is InChI=1S/C34H21ClF6N4O3/c35-25-12-17(16-42)3-9-23(25)24-10-6-19(22-2-1-11-43-30(22)24)13-28(33(47)48)45-32(46)29-26(37)14-21(15-27(29)38)44-31(34(39,40)41)18-4-7-20(36)8-5-18/h1-12,14-15,28,31,44H,13H2,(H,45,46)(H,47,48)/t28-,31+/m0/s1. The van der Waals surface area contributed by atoms with Gasteiger partial charge in [0.15, 0.2) is 0 Å². The third-order valence-corrected chi connectivity index (χ3v) is 7.70. The number of aromatic nitrogens is 1. The van der Waals surface area contributed by atoms with E-state index in [-0.39, 0.29) is 11.4 Å². The van der Waals surface area contributed by atoms with Crippen LogP contribution >= 0.6 is 11.6 Å². The molecule has 0 radical (unpaired) electrons. The van der Waals surface area contributed by atoms with Crippen LogP contribution in [0, 0.1) is 28.8 Å². The second-order valence-corrected chi connectivity index (χ2v) is 10.9. The van der Waals surface area contributed by atoms with Crippen molar-refractivity contribution >= 4 is 40.1 Å². The topological polar surface area (TPSA) is 115 Å². The van der Waals surface area contributed by atoms with E-state index in [9.17, 15) is 32.3 Å². The van der Waals surface area contributed by atoms with Gasteiger partial charge in [0.1, 0.15) is 35.1 Å². The van der Waals surface area contributed by atoms with E-state index in [2.05, 4.69) is 10.3 Å². The smallest absolute Gasteiger partial charge is 0.412 e. The SMILES string of the molecule is N#Cc1ccc(-c2ccc(C[C@H](NC(=O)c3c(F)cc(N[C@H](c4ccc(F)cc4)C(F)(F)F)cc3F)C(=O)O)c3cccnc23)c(Cl)c1. The number of carbonyl (C=O) groups excluding carboxylic acids is 1. The summed E-state index contributed by atoms with van der Waals surface area (Å²) >= 11 is 6.41. The average Bonchev–Trinajstić information content (AvgIpc) is 3.03. The number of rotatable bonds is 9. The Morgan fingerprint density at radius 3 is 2.21 bits per heavy atom. The molecule has 0 fully saturated rings. The van der Waals surface area contributed by atoms with E-state index < -0.39 is 64.4 Å². The van der Waals surface area contributed by atoms with Gasteiger partial charge in [0.2, 0.25) is 0 Å². The largest absolute Gasteiger partial charge is 0.480 e. The highest BCUT2D eigenvalue weighted by Gasteiger charge is 2.41. The Morgan fingerprint density at radius 1 is 0.938 bits per heavy atom. The number of aliphatic carboxylic acids is 1. The van der Waals surface area contributed by atoms with Crippen molar-refractivity contribution in [1.82, 2.24) is 10.3 Å². The van der Waals surface area contributed by atoms with E-state index in [4.69, 9.17) is 16.9 Å². The van der Waals surface area contributed by atoms with Gasteiger partial charge in [0.25, 0.3) is 5.91 Å². The first-order chi connectivity index (χ1) is 22.8. The third-order valence-electron chi connectivity index (χ3n) is 7.39. The number of carbonyl (C=O) groups is 2. The fourth-order valence-electron chi connectivity index (χ4n) is 5.13. The lowest BCUT2D eigenvalue weighted by Gasteiger charge is -2.23. The van der Waals surface area contributed by atoms with E-state index in [0.717, 1.165) is 24.3 Å². The van der Waals surface area contributed by atoms with Gasteiger partial charge in [-0.15, -0.1) is 0 Å². The number of alkyl halides is 3. The van der Waals surface area contributed by atoms with Gasteiger partial charge in [0, 0.05) is 39.8 Å². The van der Waals surface area contributed by atoms with Crippen LogP contribution in [-0.4, -0.2) is 34.2 Å². The number of carboxylic acids is 1. The van der Waals surface area contributed by atoms with Gasteiger partial charge in [-0.25, -0.2) is 18.0 Å². The number of hydrogen-bond acceptors (Lipinski definition) is 5. The fourth-order valence-corrected chi connectivity index (χ4v) is 5.41. The summed E-state index contributed by atoms with van der Waals surface area (Å²) in [4.78, 5) is 29.6. The van der Waals surface area contributed by atoms with Crippen LogP contribution in [0.25, 0.3) is 22.0 Å². The van der Waals surface area contributed by atoms with E-state index in [1.54, 1.807) is 36.4 Å². The molecule has 5 aromatic rings. The second-order valence-electron chi connectivity index (χ2n) is 10.5. The zero-order valence-electron chi connectivity index (χ0n) is 24.2. The number of fused-ring (bicyclic) bond motifs is 1. The van der Waals surface area contributed by atoms with Crippen LogP contribution in [0.4, 0.5) is 32.0 Å². The first-order valence-corrected chi connectivity index (χ1v) is 14.3. The molecule has 3 N–H and O–H groups in total. The van der Waals surface area contributed by atoms with E-state index in [1.165, 1.54) is 12.3 Å². The van der Waals surface area contributed by atoms with Crippen LogP contribution in [-0.2, 0) is 11.2 Å². The van der Waals surface area contributed by atoms with Crippen molar-refractivity contribution in [3.05, 3.63) is 130 Å². The highest BCUT2D eigenvalue weighted by molar-refractivity contribution is 6.33. The van der Waals surface area contributed by atoms with Crippen LogP contribution in [0.15, 0.2) is 85.1 Å². The van der Waals surface area contributed by atoms with E-state index in [1.807, 2.05) is 11.4 Å². The Kier molecular flexibility index (Phi) is 9.58. The highest BCUT2D eigenvalue weighted by atomic mass is 35.5. The lowest BCUT2D eigenvalue weighted by atomic mass is 9.94. The monoisotopic (exact) mass is 682 g/mol. The van der Waals surface area contributed by atoms with Crippen molar-refractivity contribution in [3.63, 3.8) is 0 Å². The molecule has 14 heteroatoms. The number of pyridine rings is 1.